The van der Waals surface area contributed by atoms with E-state index in [0.29, 0.717) is 45.8 Å². The van der Waals surface area contributed by atoms with Gasteiger partial charge in [-0.2, -0.15) is 0 Å². The number of carbonyl (C=O) groups excluding carboxylic acids is 1. The number of carbonyl (C=O) groups is 1. The summed E-state index contributed by atoms with van der Waals surface area (Å²) in [5.41, 5.74) is 1.78. The zero-order valence-electron chi connectivity index (χ0n) is 15.6. The number of aromatic nitrogens is 1. The molecule has 1 N–H and O–H groups in total. The molecule has 1 amide bonds. The minimum Gasteiger partial charge on any atom is -0.298 e. The zero-order valence-corrected chi connectivity index (χ0v) is 18.8. The molecule has 0 spiro atoms. The van der Waals surface area contributed by atoms with Crippen LogP contribution >= 0.6 is 34.5 Å². The lowest BCUT2D eigenvalue weighted by molar-refractivity contribution is 0.102. The molecule has 0 unspecified atom stereocenters. The maximum absolute atomic E-state index is 12.7. The molecule has 0 saturated carbocycles. The van der Waals surface area contributed by atoms with Crippen molar-refractivity contribution in [3.05, 3.63) is 74.7 Å². The highest BCUT2D eigenvalue weighted by molar-refractivity contribution is 7.93. The zero-order chi connectivity index (χ0) is 21.3. The van der Waals surface area contributed by atoms with E-state index in [1.807, 2.05) is 6.07 Å². The lowest BCUT2D eigenvalue weighted by Crippen LogP contribution is -2.25. The Bertz CT molecular complexity index is 1210. The van der Waals surface area contributed by atoms with Gasteiger partial charge in [-0.15, -0.1) is 11.3 Å². The summed E-state index contributed by atoms with van der Waals surface area (Å²) in [5.74, 6) is -0.220. The van der Waals surface area contributed by atoms with E-state index < -0.39 is 10.0 Å². The Labute approximate surface area is 188 Å². The van der Waals surface area contributed by atoms with Crippen molar-refractivity contribution in [3.8, 4) is 0 Å². The van der Waals surface area contributed by atoms with Crippen LogP contribution in [0.4, 0.5) is 10.8 Å². The topological polar surface area (TPSA) is 79.4 Å². The molecule has 6 nitrogen and oxygen atoms in total. The number of hydrogen-bond donors (Lipinski definition) is 1. The molecule has 3 aromatic rings. The molecule has 30 heavy (non-hydrogen) atoms. The Balaban J connectivity index is 1.46. The second-order valence-electron chi connectivity index (χ2n) is 6.79. The maximum atomic E-state index is 12.7. The molecule has 0 bridgehead atoms. The summed E-state index contributed by atoms with van der Waals surface area (Å²) >= 11 is 13.5. The number of nitrogens with zero attached hydrogens (tertiary/aromatic N) is 2. The summed E-state index contributed by atoms with van der Waals surface area (Å²) in [7, 11) is -3.30. The predicted molar refractivity (Wildman–Crippen MR) is 122 cm³/mol. The van der Waals surface area contributed by atoms with Crippen molar-refractivity contribution in [3.63, 3.8) is 0 Å². The van der Waals surface area contributed by atoms with Crippen molar-refractivity contribution < 1.29 is 13.2 Å². The summed E-state index contributed by atoms with van der Waals surface area (Å²) in [6, 6.07) is 11.9. The van der Waals surface area contributed by atoms with E-state index in [1.54, 1.807) is 42.6 Å². The Hall–Kier alpha value is -2.13. The summed E-state index contributed by atoms with van der Waals surface area (Å²) in [6.45, 7) is 0.427. The molecule has 2 aromatic carbocycles. The van der Waals surface area contributed by atoms with E-state index in [2.05, 4.69) is 10.3 Å². The van der Waals surface area contributed by atoms with Gasteiger partial charge >= 0.3 is 0 Å². The van der Waals surface area contributed by atoms with Crippen LogP contribution in [-0.2, 0) is 16.4 Å². The highest BCUT2D eigenvalue weighted by Crippen LogP contribution is 2.28. The van der Waals surface area contributed by atoms with Gasteiger partial charge in [-0.1, -0.05) is 35.3 Å². The lowest BCUT2D eigenvalue weighted by Gasteiger charge is -2.17. The Morgan fingerprint density at radius 3 is 2.77 bits per heavy atom. The van der Waals surface area contributed by atoms with E-state index in [1.165, 1.54) is 15.6 Å². The van der Waals surface area contributed by atoms with Crippen LogP contribution in [-0.4, -0.2) is 31.6 Å². The van der Waals surface area contributed by atoms with Crippen LogP contribution in [0.5, 0.6) is 0 Å². The van der Waals surface area contributed by atoms with Crippen LogP contribution in [0.25, 0.3) is 0 Å². The van der Waals surface area contributed by atoms with Gasteiger partial charge in [0.2, 0.25) is 10.0 Å². The molecule has 1 aromatic heterocycles. The number of anilines is 2. The van der Waals surface area contributed by atoms with E-state index in [0.717, 1.165) is 10.4 Å². The number of nitrogens with one attached hydrogen (secondary N) is 1. The van der Waals surface area contributed by atoms with Crippen LogP contribution < -0.4 is 9.62 Å². The van der Waals surface area contributed by atoms with Crippen molar-refractivity contribution in [2.24, 2.45) is 0 Å². The fourth-order valence-electron chi connectivity index (χ4n) is 3.20. The first-order valence-corrected chi connectivity index (χ1v) is 12.3. The Morgan fingerprint density at radius 1 is 1.20 bits per heavy atom. The van der Waals surface area contributed by atoms with Gasteiger partial charge in [0.05, 0.1) is 11.4 Å². The predicted octanol–water partition coefficient (Wildman–Crippen LogP) is 4.83. The number of sulfonamides is 1. The average molecular weight is 482 g/mol. The van der Waals surface area contributed by atoms with Crippen molar-refractivity contribution in [2.75, 3.05) is 21.9 Å². The fraction of sp³-hybridized carbons (Fsp3) is 0.200. The highest BCUT2D eigenvalue weighted by Gasteiger charge is 2.28. The van der Waals surface area contributed by atoms with Crippen LogP contribution in [0.2, 0.25) is 10.0 Å². The molecule has 0 atom stereocenters. The normalized spacial score (nSPS) is 15.3. The fourth-order valence-corrected chi connectivity index (χ4v) is 6.06. The maximum Gasteiger partial charge on any atom is 0.257 e. The van der Waals surface area contributed by atoms with E-state index in [-0.39, 0.29) is 11.7 Å². The minimum absolute atomic E-state index is 0.128. The third kappa shape index (κ3) is 4.62. The Kier molecular flexibility index (Phi) is 6.02. The standard InChI is InChI=1S/C20H17Cl2N3O3S2/c21-15-6-5-13(18(22)11-15)10-17-12-23-20(29-17)24-19(26)14-3-1-4-16(9-14)25-7-2-8-30(25,27)28/h1,3-6,9,11-12H,2,7-8,10H2,(H,23,24,26). The summed E-state index contributed by atoms with van der Waals surface area (Å²) in [4.78, 5) is 17.8. The van der Waals surface area contributed by atoms with Gasteiger partial charge in [-0.25, -0.2) is 13.4 Å². The number of thiazole rings is 1. The first kappa shape index (κ1) is 21.1. The van der Waals surface area contributed by atoms with E-state index in [9.17, 15) is 13.2 Å². The van der Waals surface area contributed by atoms with Gasteiger partial charge < -0.3 is 0 Å². The van der Waals surface area contributed by atoms with Gasteiger partial charge in [0.1, 0.15) is 0 Å². The molecule has 1 aliphatic heterocycles. The third-order valence-electron chi connectivity index (χ3n) is 4.65. The molecule has 1 fully saturated rings. The van der Waals surface area contributed by atoms with Crippen LogP contribution in [0.15, 0.2) is 48.7 Å². The van der Waals surface area contributed by atoms with E-state index >= 15 is 0 Å². The summed E-state index contributed by atoms with van der Waals surface area (Å²) in [5, 5.41) is 4.38. The first-order valence-electron chi connectivity index (χ1n) is 9.12. The van der Waals surface area contributed by atoms with Crippen molar-refractivity contribution in [1.82, 2.24) is 4.98 Å². The molecule has 0 aliphatic carbocycles. The molecule has 1 saturated heterocycles. The lowest BCUT2D eigenvalue weighted by atomic mass is 10.1. The van der Waals surface area contributed by atoms with Gasteiger partial charge in [0.25, 0.3) is 5.91 Å². The van der Waals surface area contributed by atoms with Crippen molar-refractivity contribution in [1.29, 1.82) is 0 Å². The second-order valence-corrected chi connectivity index (χ2v) is 10.8. The number of halogens is 2. The monoisotopic (exact) mass is 481 g/mol. The quantitative estimate of drug-likeness (QED) is 0.565. The molecule has 0 radical (unpaired) electrons. The first-order chi connectivity index (χ1) is 14.3. The highest BCUT2D eigenvalue weighted by atomic mass is 35.5. The van der Waals surface area contributed by atoms with E-state index in [4.69, 9.17) is 23.2 Å². The molecular formula is C20H17Cl2N3O3S2. The average Bonchev–Trinajstić information content (AvgIpc) is 3.29. The van der Waals surface area contributed by atoms with Gasteiger partial charge in [0, 0.05) is 39.6 Å². The van der Waals surface area contributed by atoms with Crippen molar-refractivity contribution >= 4 is 61.3 Å². The van der Waals surface area contributed by atoms with Crippen LogP contribution in [0.3, 0.4) is 0 Å². The molecule has 2 heterocycles. The third-order valence-corrected chi connectivity index (χ3v) is 8.02. The van der Waals surface area contributed by atoms with Crippen molar-refractivity contribution in [2.45, 2.75) is 12.8 Å². The number of rotatable bonds is 5. The largest absolute Gasteiger partial charge is 0.298 e. The van der Waals surface area contributed by atoms with Gasteiger partial charge in [0.15, 0.2) is 5.13 Å². The SMILES string of the molecule is O=C(Nc1ncc(Cc2ccc(Cl)cc2Cl)s1)c1cccc(N2CCCS2(=O)=O)c1. The smallest absolute Gasteiger partial charge is 0.257 e. The number of amides is 1. The molecule has 4 rings (SSSR count). The molecule has 10 heteroatoms. The summed E-state index contributed by atoms with van der Waals surface area (Å²) in [6.07, 6.45) is 2.85. The van der Waals surface area contributed by atoms with Crippen LogP contribution in [0.1, 0.15) is 27.2 Å². The molecule has 156 valence electrons. The minimum atomic E-state index is -3.30. The summed E-state index contributed by atoms with van der Waals surface area (Å²) < 4.78 is 25.6. The van der Waals surface area contributed by atoms with Gasteiger partial charge in [-0.3, -0.25) is 14.4 Å². The van der Waals surface area contributed by atoms with Crippen LogP contribution in [0, 0.1) is 0 Å². The number of hydrogen-bond acceptors (Lipinski definition) is 5. The number of benzene rings is 2. The second kappa shape index (κ2) is 8.55. The Morgan fingerprint density at radius 2 is 2.03 bits per heavy atom. The molecular weight excluding hydrogens is 465 g/mol. The van der Waals surface area contributed by atoms with Gasteiger partial charge in [-0.05, 0) is 42.3 Å². The molecule has 1 aliphatic rings.